The highest BCUT2D eigenvalue weighted by atomic mass is 16.7. The van der Waals surface area contributed by atoms with Gasteiger partial charge < -0.3 is 39.8 Å². The van der Waals surface area contributed by atoms with Crippen molar-refractivity contribution in [2.75, 3.05) is 53.1 Å². The predicted molar refractivity (Wildman–Crippen MR) is 211 cm³/mol. The van der Waals surface area contributed by atoms with Crippen LogP contribution in [0.4, 0.5) is 9.59 Å². The van der Waals surface area contributed by atoms with E-state index in [1.54, 1.807) is 6.92 Å². The molecule has 4 aromatic carbocycles. The second kappa shape index (κ2) is 19.2. The summed E-state index contributed by atoms with van der Waals surface area (Å²) < 4.78 is 22.3. The summed E-state index contributed by atoms with van der Waals surface area (Å²) in [6, 6.07) is 32.5. The predicted octanol–water partition coefficient (Wildman–Crippen LogP) is 6.27. The quantitative estimate of drug-likeness (QED) is 0.0646. The fourth-order valence-electron chi connectivity index (χ4n) is 7.86. The van der Waals surface area contributed by atoms with Crippen LogP contribution in [0.5, 0.6) is 0 Å². The Kier molecular flexibility index (Phi) is 13.9. The Morgan fingerprint density at radius 1 is 0.673 bits per heavy atom. The van der Waals surface area contributed by atoms with Gasteiger partial charge in [0.25, 0.3) is 0 Å². The standard InChI is InChI=1S/C44H53N3O8/c1-29(42(49)30(2)55-41(26-48)52-3)47(24-12-22-45-43(50)53-27-39-35-18-8-4-14-31(35)32-15-5-9-19-36(32)39)25-13-23-46-44(51)54-28-40-37-20-10-6-16-33(37)34-17-7-11-21-38(34)40/h4-11,14-21,29-30,39-42,48-49H,12-13,22-28H2,1-3H3,(H,45,50)(H,46,51)/t29-,30?,41+,42-/m0/s1. The molecule has 2 amide bonds. The lowest BCUT2D eigenvalue weighted by Gasteiger charge is -2.35. The highest BCUT2D eigenvalue weighted by Gasteiger charge is 2.31. The highest BCUT2D eigenvalue weighted by molar-refractivity contribution is 5.80. The normalized spacial score (nSPS) is 15.3. The minimum Gasteiger partial charge on any atom is -0.449 e. The monoisotopic (exact) mass is 751 g/mol. The van der Waals surface area contributed by atoms with Crippen LogP contribution < -0.4 is 10.6 Å². The molecule has 292 valence electrons. The van der Waals surface area contributed by atoms with Gasteiger partial charge in [0.05, 0.1) is 18.8 Å². The second-order valence-electron chi connectivity index (χ2n) is 14.2. The number of amides is 2. The Bertz CT molecular complexity index is 1670. The molecule has 4 atom stereocenters. The van der Waals surface area contributed by atoms with Crippen molar-refractivity contribution >= 4 is 12.2 Å². The van der Waals surface area contributed by atoms with E-state index < -0.39 is 30.7 Å². The van der Waals surface area contributed by atoms with Gasteiger partial charge in [0, 0.05) is 51.2 Å². The van der Waals surface area contributed by atoms with E-state index in [-0.39, 0.29) is 37.7 Å². The van der Waals surface area contributed by atoms with Crippen molar-refractivity contribution in [1.82, 2.24) is 15.5 Å². The fourth-order valence-corrected chi connectivity index (χ4v) is 7.86. The average Bonchev–Trinajstić information content (AvgIpc) is 3.72. The maximum absolute atomic E-state index is 12.8. The number of fused-ring (bicyclic) bond motifs is 6. The van der Waals surface area contributed by atoms with E-state index in [0.29, 0.717) is 39.0 Å². The molecule has 11 heteroatoms. The van der Waals surface area contributed by atoms with Crippen molar-refractivity contribution < 1.29 is 38.7 Å². The van der Waals surface area contributed by atoms with Crippen molar-refractivity contribution in [2.24, 2.45) is 0 Å². The number of alkyl carbamates (subject to hydrolysis) is 2. The van der Waals surface area contributed by atoms with Crippen LogP contribution in [-0.2, 0) is 18.9 Å². The second-order valence-corrected chi connectivity index (χ2v) is 14.2. The Morgan fingerprint density at radius 3 is 1.42 bits per heavy atom. The molecule has 4 aromatic rings. The van der Waals surface area contributed by atoms with Crippen molar-refractivity contribution in [1.29, 1.82) is 0 Å². The summed E-state index contributed by atoms with van der Waals surface area (Å²) in [4.78, 5) is 27.7. The van der Waals surface area contributed by atoms with E-state index in [0.717, 1.165) is 22.3 Å². The molecule has 0 heterocycles. The number of nitrogens with zero attached hydrogens (tertiary/aromatic N) is 1. The van der Waals surface area contributed by atoms with Crippen molar-refractivity contribution in [3.05, 3.63) is 119 Å². The van der Waals surface area contributed by atoms with Crippen molar-refractivity contribution in [3.8, 4) is 22.3 Å². The number of carbonyl (C=O) groups excluding carboxylic acids is 2. The lowest BCUT2D eigenvalue weighted by molar-refractivity contribution is -0.196. The molecule has 2 aliphatic rings. The Labute approximate surface area is 323 Å². The first-order valence-electron chi connectivity index (χ1n) is 19.2. The smallest absolute Gasteiger partial charge is 0.407 e. The zero-order valence-corrected chi connectivity index (χ0v) is 31.9. The molecule has 0 fully saturated rings. The van der Waals surface area contributed by atoms with Crippen LogP contribution in [-0.4, -0.2) is 105 Å². The van der Waals surface area contributed by atoms with Crippen molar-refractivity contribution in [2.45, 2.75) is 63.1 Å². The zero-order chi connectivity index (χ0) is 38.7. The molecule has 0 radical (unpaired) electrons. The van der Waals surface area contributed by atoms with Gasteiger partial charge in [0.15, 0.2) is 6.29 Å². The lowest BCUT2D eigenvalue weighted by atomic mass is 9.98. The minimum atomic E-state index is -0.908. The number of benzene rings is 4. The van der Waals surface area contributed by atoms with Gasteiger partial charge in [-0.05, 0) is 71.2 Å². The van der Waals surface area contributed by atoms with Crippen LogP contribution in [0.25, 0.3) is 22.3 Å². The van der Waals surface area contributed by atoms with E-state index in [4.69, 9.17) is 18.9 Å². The molecule has 11 nitrogen and oxygen atoms in total. The number of rotatable bonds is 19. The van der Waals surface area contributed by atoms with Gasteiger partial charge in [0.1, 0.15) is 13.2 Å². The number of hydrogen-bond donors (Lipinski definition) is 4. The third kappa shape index (κ3) is 9.55. The molecule has 0 spiro atoms. The molecular weight excluding hydrogens is 698 g/mol. The molecule has 0 aliphatic heterocycles. The van der Waals surface area contributed by atoms with Crippen molar-refractivity contribution in [3.63, 3.8) is 0 Å². The first-order chi connectivity index (χ1) is 26.8. The number of carbonyl (C=O) groups is 2. The molecule has 0 aromatic heterocycles. The maximum atomic E-state index is 12.8. The molecule has 4 N–H and O–H groups in total. The van der Waals surface area contributed by atoms with Crippen LogP contribution in [0, 0.1) is 0 Å². The SMILES string of the molecule is CO[C@@H](CO)OC(C)[C@@H](O)[C@H](C)N(CCCNC(=O)OCC1c2ccccc2-c2ccccc21)CCCNC(=O)OCC1c2ccccc2-c2ccccc21. The highest BCUT2D eigenvalue weighted by Crippen LogP contribution is 2.45. The first kappa shape index (κ1) is 39.9. The van der Waals surface area contributed by atoms with Crippen LogP contribution in [0.1, 0.15) is 60.8 Å². The number of ether oxygens (including phenoxy) is 4. The molecule has 0 saturated heterocycles. The average molecular weight is 752 g/mol. The lowest BCUT2D eigenvalue weighted by Crippen LogP contribution is -2.49. The number of nitrogens with one attached hydrogen (secondary N) is 2. The van der Waals surface area contributed by atoms with Crippen LogP contribution in [0.15, 0.2) is 97.1 Å². The summed E-state index contributed by atoms with van der Waals surface area (Å²) in [6.45, 7) is 5.61. The van der Waals surface area contributed by atoms with Crippen LogP contribution in [0.3, 0.4) is 0 Å². The van der Waals surface area contributed by atoms with Gasteiger partial charge in [-0.3, -0.25) is 4.90 Å². The van der Waals surface area contributed by atoms with E-state index >= 15 is 0 Å². The summed E-state index contributed by atoms with van der Waals surface area (Å²) in [5.74, 6) is -0.0449. The number of hydrogen-bond acceptors (Lipinski definition) is 9. The zero-order valence-electron chi connectivity index (χ0n) is 31.9. The number of methoxy groups -OCH3 is 1. The van der Waals surface area contributed by atoms with Crippen LogP contribution >= 0.6 is 0 Å². The van der Waals surface area contributed by atoms with Gasteiger partial charge in [-0.25, -0.2) is 9.59 Å². The molecule has 0 bridgehead atoms. The minimum absolute atomic E-state index is 0.0224. The summed E-state index contributed by atoms with van der Waals surface area (Å²) in [6.07, 6.45) is -2.17. The molecule has 1 unspecified atom stereocenters. The summed E-state index contributed by atoms with van der Waals surface area (Å²) in [5, 5.41) is 26.5. The summed E-state index contributed by atoms with van der Waals surface area (Å²) in [7, 11) is 1.43. The Hall–Kier alpha value is -4.78. The van der Waals surface area contributed by atoms with Gasteiger partial charge in [0.2, 0.25) is 0 Å². The maximum Gasteiger partial charge on any atom is 0.407 e. The van der Waals surface area contributed by atoms with E-state index in [2.05, 4.69) is 64.1 Å². The molecular formula is C44H53N3O8. The molecule has 2 aliphatic carbocycles. The van der Waals surface area contributed by atoms with E-state index in [9.17, 15) is 19.8 Å². The number of aliphatic hydroxyl groups excluding tert-OH is 2. The van der Waals surface area contributed by atoms with Gasteiger partial charge in [-0.2, -0.15) is 0 Å². The Balaban J connectivity index is 0.974. The van der Waals surface area contributed by atoms with Gasteiger partial charge in [-0.15, -0.1) is 0 Å². The molecule has 6 rings (SSSR count). The van der Waals surface area contributed by atoms with Crippen LogP contribution in [0.2, 0.25) is 0 Å². The van der Waals surface area contributed by atoms with E-state index in [1.165, 1.54) is 29.4 Å². The van der Waals surface area contributed by atoms with Gasteiger partial charge >= 0.3 is 12.2 Å². The molecule has 55 heavy (non-hydrogen) atoms. The van der Waals surface area contributed by atoms with Gasteiger partial charge in [-0.1, -0.05) is 97.1 Å². The third-order valence-corrected chi connectivity index (χ3v) is 10.8. The molecule has 0 saturated carbocycles. The fraction of sp³-hybridized carbons (Fsp3) is 0.409. The third-order valence-electron chi connectivity index (χ3n) is 10.8. The largest absolute Gasteiger partial charge is 0.449 e. The summed E-state index contributed by atoms with van der Waals surface area (Å²) in [5.41, 5.74) is 9.31. The Morgan fingerprint density at radius 2 is 1.05 bits per heavy atom. The number of aliphatic hydroxyl groups is 2. The summed E-state index contributed by atoms with van der Waals surface area (Å²) >= 11 is 0. The first-order valence-corrected chi connectivity index (χ1v) is 19.2. The van der Waals surface area contributed by atoms with E-state index in [1.807, 2.05) is 55.5 Å². The topological polar surface area (TPSA) is 139 Å².